The van der Waals surface area contributed by atoms with E-state index in [0.717, 1.165) is 31.5 Å². The molecule has 0 aliphatic carbocycles. The van der Waals surface area contributed by atoms with E-state index in [1.807, 2.05) is 24.9 Å². The Morgan fingerprint density at radius 1 is 1.44 bits per heavy atom. The number of carbonyl (C=O) groups excluding carboxylic acids is 1. The number of aryl methyl sites for hydroxylation is 2. The molecule has 0 bridgehead atoms. The van der Waals surface area contributed by atoms with Gasteiger partial charge in [-0.15, -0.1) is 0 Å². The fraction of sp³-hybridized carbons (Fsp3) is 0.500. The number of aromatic nitrogens is 2. The maximum absolute atomic E-state index is 12.3. The Morgan fingerprint density at radius 3 is 2.76 bits per heavy atom. The lowest BCUT2D eigenvalue weighted by Gasteiger charge is -2.31. The van der Waals surface area contributed by atoms with E-state index < -0.39 is 0 Å². The van der Waals surface area contributed by atoms with Crippen LogP contribution in [0.4, 0.5) is 5.88 Å². The summed E-state index contributed by atoms with van der Waals surface area (Å²) >= 11 is 0. The third kappa shape index (κ3) is 3.59. The van der Waals surface area contributed by atoms with Crippen LogP contribution >= 0.6 is 0 Å². The summed E-state index contributed by atoms with van der Waals surface area (Å²) in [5, 5.41) is 16.2. The Labute approximate surface area is 147 Å². The standard InChI is InChI=1S/C18H23N5O2/c1-12-13(2)25-18(15(12)10-19)21-17(24)11-23-8-5-14(6-9-23)16-4-7-20-22(16)3/h4,7,14H,5-6,8-9,11H2,1-3H3,(H,21,24). The Morgan fingerprint density at radius 2 is 2.16 bits per heavy atom. The zero-order valence-corrected chi connectivity index (χ0v) is 14.9. The summed E-state index contributed by atoms with van der Waals surface area (Å²) in [6.07, 6.45) is 3.85. The van der Waals surface area contributed by atoms with Crippen molar-refractivity contribution in [3.05, 3.63) is 34.8 Å². The number of hydrogen-bond acceptors (Lipinski definition) is 5. The summed E-state index contributed by atoms with van der Waals surface area (Å²) in [6, 6.07) is 4.16. The van der Waals surface area contributed by atoms with Gasteiger partial charge in [-0.3, -0.25) is 19.7 Å². The lowest BCUT2D eigenvalue weighted by molar-refractivity contribution is -0.117. The Balaban J connectivity index is 1.54. The molecule has 0 spiro atoms. The summed E-state index contributed by atoms with van der Waals surface area (Å²) in [5.74, 6) is 1.26. The predicted octanol–water partition coefficient (Wildman–Crippen LogP) is 2.32. The molecule has 1 aliphatic heterocycles. The maximum Gasteiger partial charge on any atom is 0.240 e. The Kier molecular flexibility index (Phi) is 4.91. The number of hydrogen-bond donors (Lipinski definition) is 1. The minimum Gasteiger partial charge on any atom is -0.444 e. The van der Waals surface area contributed by atoms with Gasteiger partial charge in [0.2, 0.25) is 11.8 Å². The van der Waals surface area contributed by atoms with Crippen LogP contribution in [0, 0.1) is 25.2 Å². The molecule has 7 nitrogen and oxygen atoms in total. The molecule has 7 heteroatoms. The fourth-order valence-electron chi connectivity index (χ4n) is 3.39. The quantitative estimate of drug-likeness (QED) is 0.922. The van der Waals surface area contributed by atoms with Gasteiger partial charge in [-0.2, -0.15) is 10.4 Å². The van der Waals surface area contributed by atoms with Gasteiger partial charge in [0.25, 0.3) is 0 Å². The van der Waals surface area contributed by atoms with Crippen molar-refractivity contribution in [1.29, 1.82) is 5.26 Å². The molecule has 1 aliphatic rings. The summed E-state index contributed by atoms with van der Waals surface area (Å²) in [7, 11) is 1.97. The molecular formula is C18H23N5O2. The van der Waals surface area contributed by atoms with E-state index in [1.54, 1.807) is 6.92 Å². The van der Waals surface area contributed by atoms with E-state index in [1.165, 1.54) is 5.69 Å². The maximum atomic E-state index is 12.3. The first-order valence-corrected chi connectivity index (χ1v) is 8.49. The zero-order valence-electron chi connectivity index (χ0n) is 14.9. The number of piperidine rings is 1. The van der Waals surface area contributed by atoms with Crippen LogP contribution in [0.2, 0.25) is 0 Å². The largest absolute Gasteiger partial charge is 0.444 e. The molecule has 0 atom stereocenters. The highest BCUT2D eigenvalue weighted by molar-refractivity contribution is 5.92. The number of nitrogens with one attached hydrogen (secondary N) is 1. The van der Waals surface area contributed by atoms with Crippen LogP contribution < -0.4 is 5.32 Å². The number of likely N-dealkylation sites (tertiary alicyclic amines) is 1. The molecule has 0 radical (unpaired) electrons. The molecule has 2 aromatic heterocycles. The van der Waals surface area contributed by atoms with E-state index in [4.69, 9.17) is 4.42 Å². The van der Waals surface area contributed by atoms with Crippen molar-refractivity contribution in [2.45, 2.75) is 32.6 Å². The van der Waals surface area contributed by atoms with Crippen LogP contribution in [0.5, 0.6) is 0 Å². The van der Waals surface area contributed by atoms with Gasteiger partial charge in [0, 0.05) is 30.4 Å². The van der Waals surface area contributed by atoms with E-state index in [2.05, 4.69) is 27.5 Å². The molecule has 0 aromatic carbocycles. The topological polar surface area (TPSA) is 87.1 Å². The lowest BCUT2D eigenvalue weighted by Crippen LogP contribution is -2.39. The van der Waals surface area contributed by atoms with Crippen molar-refractivity contribution in [2.75, 3.05) is 25.0 Å². The van der Waals surface area contributed by atoms with Crippen LogP contribution in [0.3, 0.4) is 0 Å². The molecular weight excluding hydrogens is 318 g/mol. The van der Waals surface area contributed by atoms with E-state index in [9.17, 15) is 10.1 Å². The molecule has 3 heterocycles. The van der Waals surface area contributed by atoms with Gasteiger partial charge < -0.3 is 4.42 Å². The van der Waals surface area contributed by atoms with Crippen molar-refractivity contribution >= 4 is 11.8 Å². The summed E-state index contributed by atoms with van der Waals surface area (Å²) in [6.45, 7) is 5.64. The van der Waals surface area contributed by atoms with Crippen LogP contribution in [0.15, 0.2) is 16.7 Å². The first kappa shape index (κ1) is 17.2. The Bertz CT molecular complexity index is 806. The molecule has 2 aromatic rings. The van der Waals surface area contributed by atoms with Gasteiger partial charge in [-0.25, -0.2) is 0 Å². The van der Waals surface area contributed by atoms with Crippen LogP contribution in [-0.2, 0) is 11.8 Å². The normalized spacial score (nSPS) is 15.9. The zero-order chi connectivity index (χ0) is 18.0. The first-order chi connectivity index (χ1) is 12.0. The van der Waals surface area contributed by atoms with Crippen LogP contribution in [-0.4, -0.2) is 40.2 Å². The van der Waals surface area contributed by atoms with Crippen molar-refractivity contribution in [3.63, 3.8) is 0 Å². The molecule has 1 N–H and O–H groups in total. The second kappa shape index (κ2) is 7.11. The number of furan rings is 1. The second-order valence-electron chi connectivity index (χ2n) is 6.58. The minimum atomic E-state index is -0.149. The number of amides is 1. The number of anilines is 1. The first-order valence-electron chi connectivity index (χ1n) is 8.49. The molecule has 1 amide bonds. The van der Waals surface area contributed by atoms with E-state index in [-0.39, 0.29) is 11.8 Å². The highest BCUT2D eigenvalue weighted by Crippen LogP contribution is 2.28. The summed E-state index contributed by atoms with van der Waals surface area (Å²) in [5.41, 5.74) is 2.43. The highest BCUT2D eigenvalue weighted by atomic mass is 16.4. The number of rotatable bonds is 4. The summed E-state index contributed by atoms with van der Waals surface area (Å²) < 4.78 is 7.42. The van der Waals surface area contributed by atoms with Crippen molar-refractivity contribution in [1.82, 2.24) is 14.7 Å². The van der Waals surface area contributed by atoms with E-state index >= 15 is 0 Å². The van der Waals surface area contributed by atoms with Crippen LogP contribution in [0.1, 0.15) is 41.3 Å². The second-order valence-corrected chi connectivity index (χ2v) is 6.58. The fourth-order valence-corrected chi connectivity index (χ4v) is 3.39. The highest BCUT2D eigenvalue weighted by Gasteiger charge is 2.24. The monoisotopic (exact) mass is 341 g/mol. The van der Waals surface area contributed by atoms with Gasteiger partial charge in [0.15, 0.2) is 0 Å². The average molecular weight is 341 g/mol. The van der Waals surface area contributed by atoms with Crippen molar-refractivity contribution in [3.8, 4) is 6.07 Å². The molecule has 25 heavy (non-hydrogen) atoms. The lowest BCUT2D eigenvalue weighted by atomic mass is 9.93. The molecule has 1 fully saturated rings. The van der Waals surface area contributed by atoms with Gasteiger partial charge in [-0.1, -0.05) is 0 Å². The molecule has 0 saturated carbocycles. The van der Waals surface area contributed by atoms with Crippen molar-refractivity contribution in [2.24, 2.45) is 7.05 Å². The number of nitrogens with zero attached hydrogens (tertiary/aromatic N) is 4. The van der Waals surface area contributed by atoms with Gasteiger partial charge in [-0.05, 0) is 45.8 Å². The molecule has 0 unspecified atom stereocenters. The predicted molar refractivity (Wildman–Crippen MR) is 93.1 cm³/mol. The number of carbonyl (C=O) groups is 1. The molecule has 3 rings (SSSR count). The molecule has 132 valence electrons. The third-order valence-corrected chi connectivity index (χ3v) is 4.98. The van der Waals surface area contributed by atoms with Gasteiger partial charge in [0.1, 0.15) is 17.4 Å². The summed E-state index contributed by atoms with van der Waals surface area (Å²) in [4.78, 5) is 14.4. The minimum absolute atomic E-state index is 0.149. The average Bonchev–Trinajstić information content (AvgIpc) is 3.12. The van der Waals surface area contributed by atoms with Gasteiger partial charge >= 0.3 is 0 Å². The number of nitriles is 1. The van der Waals surface area contributed by atoms with Crippen molar-refractivity contribution < 1.29 is 9.21 Å². The third-order valence-electron chi connectivity index (χ3n) is 4.98. The van der Waals surface area contributed by atoms with Crippen LogP contribution in [0.25, 0.3) is 0 Å². The Hall–Kier alpha value is -2.59. The smallest absolute Gasteiger partial charge is 0.240 e. The van der Waals surface area contributed by atoms with E-state index in [0.29, 0.717) is 23.8 Å². The SMILES string of the molecule is Cc1oc(NC(=O)CN2CCC(c3ccnn3C)CC2)c(C#N)c1C. The van der Waals surface area contributed by atoms with Gasteiger partial charge in [0.05, 0.1) is 6.54 Å². The molecule has 1 saturated heterocycles.